The maximum absolute atomic E-state index is 11.0. The molecule has 0 bridgehead atoms. The summed E-state index contributed by atoms with van der Waals surface area (Å²) >= 11 is 0. The molecule has 3 fully saturated rings. The molecule has 2 aliphatic heterocycles. The van der Waals surface area contributed by atoms with Gasteiger partial charge in [-0.15, -0.1) is 0 Å². The molecule has 3 rings (SSSR count). The predicted octanol–water partition coefficient (Wildman–Crippen LogP) is -7.33. The molecular weight excluding hydrogens is 446 g/mol. The van der Waals surface area contributed by atoms with Gasteiger partial charge in [-0.3, -0.25) is 0 Å². The fourth-order valence-electron chi connectivity index (χ4n) is 4.45. The summed E-state index contributed by atoms with van der Waals surface area (Å²) in [6, 6.07) is -3.92. The molecule has 2 saturated heterocycles. The number of aliphatic hydroxyl groups is 6. The zero-order valence-electron chi connectivity index (χ0n) is 18.0. The highest BCUT2D eigenvalue weighted by Crippen LogP contribution is 2.30. The van der Waals surface area contributed by atoms with Gasteiger partial charge in [0.2, 0.25) is 0 Å². The highest BCUT2D eigenvalue weighted by atomic mass is 16.7. The van der Waals surface area contributed by atoms with Crippen molar-refractivity contribution in [2.45, 2.75) is 98.1 Å². The summed E-state index contributed by atoms with van der Waals surface area (Å²) in [5.74, 6) is 0. The van der Waals surface area contributed by atoms with Gasteiger partial charge in [-0.1, -0.05) is 0 Å². The van der Waals surface area contributed by atoms with Gasteiger partial charge in [0.05, 0.1) is 18.7 Å². The molecule has 33 heavy (non-hydrogen) atoms. The SMILES string of the molecule is NCC1O[C@H](O[C@@H]2C(N)CC(N)[C@H](OC3O[C@H](CO)C(O)[C@@H](N)C3O)[C@H]2O)[C@H](N)[C@@H](O)[C@@H]1O. The Morgan fingerprint density at radius 2 is 1.21 bits per heavy atom. The average Bonchev–Trinajstić information content (AvgIpc) is 2.79. The van der Waals surface area contributed by atoms with Crippen LogP contribution in [-0.2, 0) is 18.9 Å². The van der Waals surface area contributed by atoms with E-state index in [9.17, 15) is 30.6 Å². The summed E-state index contributed by atoms with van der Waals surface area (Å²) in [5, 5.41) is 60.9. The van der Waals surface area contributed by atoms with Crippen molar-refractivity contribution in [1.82, 2.24) is 0 Å². The van der Waals surface area contributed by atoms with Crippen LogP contribution >= 0.6 is 0 Å². The van der Waals surface area contributed by atoms with Crippen molar-refractivity contribution in [3.8, 4) is 0 Å². The highest BCUT2D eigenvalue weighted by Gasteiger charge is 2.51. The average molecular weight is 484 g/mol. The van der Waals surface area contributed by atoms with Crippen LogP contribution in [0.1, 0.15) is 6.42 Å². The van der Waals surface area contributed by atoms with E-state index in [0.717, 1.165) is 0 Å². The molecule has 0 aromatic rings. The topological polar surface area (TPSA) is 288 Å². The van der Waals surface area contributed by atoms with Crippen molar-refractivity contribution in [2.75, 3.05) is 13.2 Å². The minimum Gasteiger partial charge on any atom is -0.394 e. The molecular formula is C18H37N5O10. The van der Waals surface area contributed by atoms with E-state index in [-0.39, 0.29) is 13.0 Å². The first-order valence-corrected chi connectivity index (χ1v) is 10.9. The van der Waals surface area contributed by atoms with E-state index in [1.807, 2.05) is 0 Å². The van der Waals surface area contributed by atoms with Crippen LogP contribution in [0.5, 0.6) is 0 Å². The Labute approximate surface area is 190 Å². The third-order valence-corrected chi connectivity index (χ3v) is 6.56. The molecule has 1 saturated carbocycles. The summed E-state index contributed by atoms with van der Waals surface area (Å²) in [6.07, 6.45) is -13.9. The second-order valence-corrected chi connectivity index (χ2v) is 8.88. The lowest BCUT2D eigenvalue weighted by Gasteiger charge is -2.48. The number of rotatable bonds is 6. The van der Waals surface area contributed by atoms with Gasteiger partial charge in [-0.05, 0) is 6.42 Å². The molecule has 15 nitrogen and oxygen atoms in total. The summed E-state index contributed by atoms with van der Waals surface area (Å²) < 4.78 is 22.5. The first-order chi connectivity index (χ1) is 15.5. The molecule has 1 aliphatic carbocycles. The lowest BCUT2D eigenvalue weighted by atomic mass is 9.84. The fourth-order valence-corrected chi connectivity index (χ4v) is 4.45. The van der Waals surface area contributed by atoms with Crippen LogP contribution in [0.25, 0.3) is 0 Å². The third kappa shape index (κ3) is 5.32. The van der Waals surface area contributed by atoms with E-state index in [2.05, 4.69) is 0 Å². The van der Waals surface area contributed by atoms with Crippen molar-refractivity contribution in [3.63, 3.8) is 0 Å². The highest BCUT2D eigenvalue weighted by molar-refractivity contribution is 5.01. The summed E-state index contributed by atoms with van der Waals surface area (Å²) in [6.45, 7) is -0.694. The Bertz CT molecular complexity index is 585. The summed E-state index contributed by atoms with van der Waals surface area (Å²) in [7, 11) is 0. The summed E-state index contributed by atoms with van der Waals surface area (Å²) in [5.41, 5.74) is 29.6. The standard InChI is InChI=1S/C18H37N5O10/c19-2-6-11(26)12(27)9(23)17(30-6)32-15-4(20)1-5(21)16(14(15)29)33-18-13(28)8(22)10(25)7(3-24)31-18/h4-18,24-29H,1-3,19-23H2/t4?,5?,6?,7-,8-,9-,10?,11-,12-,13?,14+,15-,16+,17-,18?/m1/s1. The van der Waals surface area contributed by atoms with Crippen molar-refractivity contribution in [2.24, 2.45) is 28.7 Å². The smallest absolute Gasteiger partial charge is 0.186 e. The van der Waals surface area contributed by atoms with Gasteiger partial charge in [0, 0.05) is 18.6 Å². The van der Waals surface area contributed by atoms with E-state index >= 15 is 0 Å². The van der Waals surface area contributed by atoms with Gasteiger partial charge in [0.15, 0.2) is 12.6 Å². The second kappa shape index (κ2) is 11.0. The Morgan fingerprint density at radius 3 is 1.76 bits per heavy atom. The maximum atomic E-state index is 11.0. The van der Waals surface area contributed by atoms with Gasteiger partial charge in [-0.25, -0.2) is 0 Å². The van der Waals surface area contributed by atoms with Gasteiger partial charge in [0.1, 0.15) is 54.9 Å². The minimum atomic E-state index is -1.48. The van der Waals surface area contributed by atoms with Gasteiger partial charge in [-0.2, -0.15) is 0 Å². The molecule has 15 heteroatoms. The van der Waals surface area contributed by atoms with E-state index in [0.29, 0.717) is 0 Å². The summed E-state index contributed by atoms with van der Waals surface area (Å²) in [4.78, 5) is 0. The first-order valence-electron chi connectivity index (χ1n) is 10.9. The number of nitrogens with two attached hydrogens (primary N) is 5. The fraction of sp³-hybridized carbons (Fsp3) is 1.00. The second-order valence-electron chi connectivity index (χ2n) is 8.88. The van der Waals surface area contributed by atoms with Crippen molar-refractivity contribution in [1.29, 1.82) is 0 Å². The lowest BCUT2D eigenvalue weighted by Crippen LogP contribution is -2.69. The van der Waals surface area contributed by atoms with Gasteiger partial charge in [0.25, 0.3) is 0 Å². The molecule has 0 aromatic heterocycles. The van der Waals surface area contributed by atoms with Crippen LogP contribution in [0.4, 0.5) is 0 Å². The zero-order valence-corrected chi connectivity index (χ0v) is 18.0. The Balaban J connectivity index is 1.72. The van der Waals surface area contributed by atoms with Gasteiger partial charge < -0.3 is 78.3 Å². The molecule has 15 atom stereocenters. The molecule has 0 amide bonds. The Hall–Kier alpha value is -0.600. The maximum Gasteiger partial charge on any atom is 0.186 e. The molecule has 0 spiro atoms. The van der Waals surface area contributed by atoms with Crippen LogP contribution in [-0.4, -0.2) is 135 Å². The van der Waals surface area contributed by atoms with E-state index in [4.69, 9.17) is 47.6 Å². The van der Waals surface area contributed by atoms with Crippen molar-refractivity contribution < 1.29 is 49.6 Å². The van der Waals surface area contributed by atoms with Crippen LogP contribution in [0.3, 0.4) is 0 Å². The number of aliphatic hydroxyl groups excluding tert-OH is 6. The number of ether oxygens (including phenoxy) is 4. The van der Waals surface area contributed by atoms with Crippen LogP contribution in [0.15, 0.2) is 0 Å². The molecule has 2 heterocycles. The van der Waals surface area contributed by atoms with Crippen LogP contribution < -0.4 is 28.7 Å². The third-order valence-electron chi connectivity index (χ3n) is 6.56. The van der Waals surface area contributed by atoms with Gasteiger partial charge >= 0.3 is 0 Å². The quantitative estimate of drug-likeness (QED) is 0.167. The minimum absolute atomic E-state index is 0.115. The zero-order chi connectivity index (χ0) is 24.6. The molecule has 16 N–H and O–H groups in total. The molecule has 6 unspecified atom stereocenters. The first kappa shape index (κ1) is 27.0. The van der Waals surface area contributed by atoms with E-state index in [1.54, 1.807) is 0 Å². The number of hydrogen-bond donors (Lipinski definition) is 11. The predicted molar refractivity (Wildman–Crippen MR) is 110 cm³/mol. The largest absolute Gasteiger partial charge is 0.394 e. The lowest BCUT2D eigenvalue weighted by molar-refractivity contribution is -0.318. The molecule has 194 valence electrons. The van der Waals surface area contributed by atoms with E-state index < -0.39 is 98.3 Å². The monoisotopic (exact) mass is 483 g/mol. The molecule has 0 aromatic carbocycles. The van der Waals surface area contributed by atoms with Crippen molar-refractivity contribution in [3.05, 3.63) is 0 Å². The van der Waals surface area contributed by atoms with Crippen molar-refractivity contribution >= 4 is 0 Å². The Kier molecular flexibility index (Phi) is 8.99. The Morgan fingerprint density at radius 1 is 0.667 bits per heavy atom. The molecule has 0 radical (unpaired) electrons. The number of hydrogen-bond acceptors (Lipinski definition) is 15. The van der Waals surface area contributed by atoms with Crippen LogP contribution in [0, 0.1) is 0 Å². The van der Waals surface area contributed by atoms with E-state index in [1.165, 1.54) is 0 Å². The normalized spacial score (nSPS) is 53.7. The molecule has 3 aliphatic rings. The van der Waals surface area contributed by atoms with Crippen LogP contribution in [0.2, 0.25) is 0 Å².